The number of carbonyl (C=O) groups is 2. The zero-order valence-corrected chi connectivity index (χ0v) is 21.7. The van der Waals surface area contributed by atoms with E-state index in [0.29, 0.717) is 41.8 Å². The molecular weight excluding hydrogens is 526 g/mol. The molecule has 1 heterocycles. The maximum absolute atomic E-state index is 12.6. The maximum atomic E-state index is 12.6. The molecule has 0 aliphatic heterocycles. The fourth-order valence-corrected chi connectivity index (χ4v) is 3.89. The van der Waals surface area contributed by atoms with Crippen LogP contribution in [0.15, 0.2) is 59.4 Å². The molecule has 1 aliphatic rings. The molecule has 0 atom stereocenters. The molecular formula is C26H28BrN5O4. The predicted molar refractivity (Wildman–Crippen MR) is 142 cm³/mol. The lowest BCUT2D eigenvalue weighted by Crippen LogP contribution is -2.28. The molecule has 10 heteroatoms. The summed E-state index contributed by atoms with van der Waals surface area (Å²) in [5.41, 5.74) is 2.01. The standard InChI is InChI=1S/C26H28BrN5O4/c1-32(14-25(34)36-15-17-8-9-17)10-4-7-24(33)31-22-12-20-21(13-23(22)35-2)28-16-29-26(20)30-19-6-3-5-18(27)11-19/h3-7,11-13,16-17H,8-10,14-15H2,1-2H3,(H,31,33)(H,28,29,30)/b7-4+. The van der Waals surface area contributed by atoms with Crippen molar-refractivity contribution in [3.05, 3.63) is 59.4 Å². The molecule has 36 heavy (non-hydrogen) atoms. The molecule has 0 spiro atoms. The van der Waals surface area contributed by atoms with Gasteiger partial charge in [0.1, 0.15) is 17.9 Å². The molecule has 0 saturated heterocycles. The van der Waals surface area contributed by atoms with Crippen LogP contribution in [0.3, 0.4) is 0 Å². The first kappa shape index (κ1) is 25.6. The number of methoxy groups -OCH3 is 1. The van der Waals surface area contributed by atoms with Crippen LogP contribution in [0.25, 0.3) is 10.9 Å². The summed E-state index contributed by atoms with van der Waals surface area (Å²) in [6.07, 6.45) is 6.87. The summed E-state index contributed by atoms with van der Waals surface area (Å²) in [5.74, 6) is 1.04. The molecule has 2 N–H and O–H groups in total. The average Bonchev–Trinajstić information content (AvgIpc) is 3.67. The number of fused-ring (bicyclic) bond motifs is 1. The van der Waals surface area contributed by atoms with Crippen LogP contribution in [0.5, 0.6) is 5.75 Å². The monoisotopic (exact) mass is 553 g/mol. The van der Waals surface area contributed by atoms with Crippen LogP contribution in [0, 0.1) is 5.92 Å². The van der Waals surface area contributed by atoms with E-state index in [9.17, 15) is 9.59 Å². The number of anilines is 3. The highest BCUT2D eigenvalue weighted by Gasteiger charge is 2.23. The molecule has 1 amide bonds. The molecule has 1 fully saturated rings. The smallest absolute Gasteiger partial charge is 0.320 e. The first-order valence-electron chi connectivity index (χ1n) is 11.6. The minimum absolute atomic E-state index is 0.172. The van der Waals surface area contributed by atoms with Gasteiger partial charge in [0.05, 0.1) is 31.5 Å². The van der Waals surface area contributed by atoms with E-state index in [1.54, 1.807) is 30.2 Å². The Morgan fingerprint density at radius 2 is 2.06 bits per heavy atom. The number of halogens is 1. The van der Waals surface area contributed by atoms with E-state index >= 15 is 0 Å². The number of aromatic nitrogens is 2. The van der Waals surface area contributed by atoms with E-state index in [0.717, 1.165) is 28.4 Å². The van der Waals surface area contributed by atoms with E-state index in [-0.39, 0.29) is 18.4 Å². The van der Waals surface area contributed by atoms with Crippen LogP contribution >= 0.6 is 15.9 Å². The van der Waals surface area contributed by atoms with Gasteiger partial charge in [-0.15, -0.1) is 0 Å². The molecule has 1 aromatic heterocycles. The summed E-state index contributed by atoms with van der Waals surface area (Å²) < 4.78 is 11.7. The number of benzene rings is 2. The van der Waals surface area contributed by atoms with Crippen molar-refractivity contribution in [3.63, 3.8) is 0 Å². The Labute approximate surface area is 218 Å². The highest BCUT2D eigenvalue weighted by atomic mass is 79.9. The van der Waals surface area contributed by atoms with Crippen LogP contribution in [0.4, 0.5) is 17.2 Å². The minimum atomic E-state index is -0.323. The quantitative estimate of drug-likeness (QED) is 0.263. The van der Waals surface area contributed by atoms with E-state index in [4.69, 9.17) is 9.47 Å². The van der Waals surface area contributed by atoms with E-state index in [2.05, 4.69) is 36.5 Å². The van der Waals surface area contributed by atoms with Crippen LogP contribution in [0.1, 0.15) is 12.8 Å². The van der Waals surface area contributed by atoms with Gasteiger partial charge in [0.2, 0.25) is 5.91 Å². The van der Waals surface area contributed by atoms with Crippen LogP contribution in [-0.4, -0.2) is 60.6 Å². The molecule has 9 nitrogen and oxygen atoms in total. The van der Waals surface area contributed by atoms with Gasteiger partial charge < -0.3 is 20.1 Å². The Kier molecular flexibility index (Phi) is 8.50. The number of esters is 1. The normalized spacial score (nSPS) is 13.2. The number of amides is 1. The van der Waals surface area contributed by atoms with Crippen molar-refractivity contribution in [1.82, 2.24) is 14.9 Å². The van der Waals surface area contributed by atoms with Crippen LogP contribution in [-0.2, 0) is 14.3 Å². The van der Waals surface area contributed by atoms with Gasteiger partial charge in [-0.05, 0) is 50.1 Å². The minimum Gasteiger partial charge on any atom is -0.494 e. The largest absolute Gasteiger partial charge is 0.494 e. The SMILES string of the molecule is COc1cc2ncnc(Nc3cccc(Br)c3)c2cc1NC(=O)/C=C/CN(C)CC(=O)OCC1CC1. The number of nitrogens with one attached hydrogen (secondary N) is 2. The van der Waals surface area contributed by atoms with Crippen molar-refractivity contribution in [2.45, 2.75) is 12.8 Å². The van der Waals surface area contributed by atoms with Crippen molar-refractivity contribution >= 4 is 55.9 Å². The number of hydrogen-bond acceptors (Lipinski definition) is 8. The molecule has 0 radical (unpaired) electrons. The Hall–Kier alpha value is -3.50. The van der Waals surface area contributed by atoms with Gasteiger partial charge in [0.15, 0.2) is 0 Å². The first-order chi connectivity index (χ1) is 17.4. The zero-order valence-electron chi connectivity index (χ0n) is 20.2. The first-order valence-corrected chi connectivity index (χ1v) is 12.4. The number of hydrogen-bond donors (Lipinski definition) is 2. The number of nitrogens with zero attached hydrogens (tertiary/aromatic N) is 3. The highest BCUT2D eigenvalue weighted by Crippen LogP contribution is 2.33. The summed E-state index contributed by atoms with van der Waals surface area (Å²) in [5, 5.41) is 6.88. The Balaban J connectivity index is 1.41. The molecule has 2 aromatic carbocycles. The lowest BCUT2D eigenvalue weighted by atomic mass is 10.2. The highest BCUT2D eigenvalue weighted by molar-refractivity contribution is 9.10. The zero-order chi connectivity index (χ0) is 25.5. The number of ether oxygens (including phenoxy) is 2. The van der Waals surface area contributed by atoms with Crippen molar-refractivity contribution < 1.29 is 19.1 Å². The topological polar surface area (TPSA) is 106 Å². The lowest BCUT2D eigenvalue weighted by Gasteiger charge is -2.14. The van der Waals surface area contributed by atoms with Crippen LogP contribution in [0.2, 0.25) is 0 Å². The fourth-order valence-electron chi connectivity index (χ4n) is 3.49. The van der Waals surface area contributed by atoms with Gasteiger partial charge in [-0.3, -0.25) is 14.5 Å². The van der Waals surface area contributed by atoms with Crippen molar-refractivity contribution in [2.24, 2.45) is 5.92 Å². The van der Waals surface area contributed by atoms with E-state index in [1.165, 1.54) is 19.5 Å². The average molecular weight is 554 g/mol. The fraction of sp³-hybridized carbons (Fsp3) is 0.308. The molecule has 0 bridgehead atoms. The Morgan fingerprint density at radius 3 is 2.81 bits per heavy atom. The predicted octanol–water partition coefficient (Wildman–Crippen LogP) is 4.52. The van der Waals surface area contributed by atoms with Gasteiger partial charge >= 0.3 is 5.97 Å². The lowest BCUT2D eigenvalue weighted by molar-refractivity contribution is -0.145. The van der Waals surface area contributed by atoms with E-state index in [1.807, 2.05) is 24.3 Å². The van der Waals surface area contributed by atoms with Crippen molar-refractivity contribution in [1.29, 1.82) is 0 Å². The number of rotatable bonds is 11. The van der Waals surface area contributed by atoms with Gasteiger partial charge in [-0.2, -0.15) is 0 Å². The van der Waals surface area contributed by atoms with Crippen LogP contribution < -0.4 is 15.4 Å². The van der Waals surface area contributed by atoms with Crippen molar-refractivity contribution in [3.8, 4) is 5.75 Å². The second-order valence-electron chi connectivity index (χ2n) is 8.64. The molecule has 0 unspecified atom stereocenters. The van der Waals surface area contributed by atoms with E-state index < -0.39 is 0 Å². The summed E-state index contributed by atoms with van der Waals surface area (Å²) in [4.78, 5) is 35.0. The number of carbonyl (C=O) groups excluding carboxylic acids is 2. The Bertz CT molecular complexity index is 1280. The Morgan fingerprint density at radius 1 is 1.22 bits per heavy atom. The van der Waals surface area contributed by atoms with Gasteiger partial charge in [0.25, 0.3) is 0 Å². The molecule has 1 aliphatic carbocycles. The summed E-state index contributed by atoms with van der Waals surface area (Å²) in [6, 6.07) is 11.3. The summed E-state index contributed by atoms with van der Waals surface area (Å²) in [7, 11) is 3.33. The van der Waals surface area contributed by atoms with Gasteiger partial charge in [-0.25, -0.2) is 9.97 Å². The summed E-state index contributed by atoms with van der Waals surface area (Å²) in [6.45, 7) is 1.10. The third-order valence-corrected chi connectivity index (χ3v) is 6.06. The third-order valence-electron chi connectivity index (χ3n) is 5.56. The third kappa shape index (κ3) is 7.25. The molecule has 4 rings (SSSR count). The maximum Gasteiger partial charge on any atom is 0.320 e. The van der Waals surface area contributed by atoms with Gasteiger partial charge in [0, 0.05) is 34.2 Å². The summed E-state index contributed by atoms with van der Waals surface area (Å²) >= 11 is 3.47. The second kappa shape index (κ2) is 12.0. The molecule has 3 aromatic rings. The van der Waals surface area contributed by atoms with Crippen molar-refractivity contribution in [2.75, 3.05) is 44.5 Å². The molecule has 188 valence electrons. The number of likely N-dealkylation sites (N-methyl/N-ethyl adjacent to an activating group) is 1. The second-order valence-corrected chi connectivity index (χ2v) is 9.56. The van der Waals surface area contributed by atoms with Gasteiger partial charge in [-0.1, -0.05) is 28.1 Å². The molecule has 1 saturated carbocycles.